The van der Waals surface area contributed by atoms with E-state index in [9.17, 15) is 4.79 Å². The molecule has 0 saturated heterocycles. The molecule has 1 rings (SSSR count). The molecule has 0 saturated carbocycles. The lowest BCUT2D eigenvalue weighted by Crippen LogP contribution is -2.25. The maximum atomic E-state index is 11.4. The number of methoxy groups -OCH3 is 1. The maximum Gasteiger partial charge on any atom is 0.340 e. The number of pyridine rings is 1. The van der Waals surface area contributed by atoms with Gasteiger partial charge in [-0.2, -0.15) is 0 Å². The van der Waals surface area contributed by atoms with Crippen molar-refractivity contribution in [2.75, 3.05) is 44.8 Å². The Kier molecular flexibility index (Phi) is 5.38. The van der Waals surface area contributed by atoms with Crippen LogP contribution in [0.3, 0.4) is 0 Å². The summed E-state index contributed by atoms with van der Waals surface area (Å²) in [6, 6.07) is 1.60. The van der Waals surface area contributed by atoms with Crippen LogP contribution < -0.4 is 11.1 Å². The molecule has 0 spiro atoms. The standard InChI is InChI=1S/C12H20N4O2/c1-4-16(2)6-5-14-11-7-9(12(17)18-3)10(13)8-15-11/h7-8H,4-6,13H2,1-3H3,(H,14,15). The predicted molar refractivity (Wildman–Crippen MR) is 71.6 cm³/mol. The van der Waals surface area contributed by atoms with Crippen LogP contribution in [0.25, 0.3) is 0 Å². The molecule has 0 aliphatic heterocycles. The number of anilines is 2. The number of hydrogen-bond donors (Lipinski definition) is 2. The molecular formula is C12H20N4O2. The summed E-state index contributed by atoms with van der Waals surface area (Å²) in [4.78, 5) is 17.7. The number of nitrogens with one attached hydrogen (secondary N) is 1. The van der Waals surface area contributed by atoms with Crippen LogP contribution in [-0.4, -0.2) is 49.6 Å². The minimum absolute atomic E-state index is 0.318. The lowest BCUT2D eigenvalue weighted by atomic mass is 10.2. The number of ether oxygens (including phenoxy) is 1. The number of nitrogens with zero attached hydrogens (tertiary/aromatic N) is 2. The summed E-state index contributed by atoms with van der Waals surface area (Å²) in [6.07, 6.45) is 1.46. The molecule has 3 N–H and O–H groups in total. The zero-order chi connectivity index (χ0) is 13.5. The van der Waals surface area contributed by atoms with Crippen molar-refractivity contribution in [2.45, 2.75) is 6.92 Å². The van der Waals surface area contributed by atoms with Gasteiger partial charge in [-0.05, 0) is 19.7 Å². The predicted octanol–water partition coefficient (Wildman–Crippen LogP) is 0.814. The quantitative estimate of drug-likeness (QED) is 0.729. The molecule has 1 aromatic heterocycles. The summed E-state index contributed by atoms with van der Waals surface area (Å²) < 4.78 is 4.65. The van der Waals surface area contributed by atoms with Gasteiger partial charge >= 0.3 is 5.97 Å². The first-order valence-electron chi connectivity index (χ1n) is 5.84. The smallest absolute Gasteiger partial charge is 0.340 e. The van der Waals surface area contributed by atoms with Gasteiger partial charge in [0.25, 0.3) is 0 Å². The molecule has 0 radical (unpaired) electrons. The minimum atomic E-state index is -0.455. The fourth-order valence-electron chi connectivity index (χ4n) is 1.38. The second kappa shape index (κ2) is 6.80. The molecule has 0 bridgehead atoms. The van der Waals surface area contributed by atoms with Gasteiger partial charge < -0.3 is 20.7 Å². The van der Waals surface area contributed by atoms with Crippen LogP contribution in [0, 0.1) is 0 Å². The van der Waals surface area contributed by atoms with Crippen LogP contribution >= 0.6 is 0 Å². The molecule has 0 aromatic carbocycles. The van der Waals surface area contributed by atoms with E-state index < -0.39 is 5.97 Å². The second-order valence-electron chi connectivity index (χ2n) is 3.97. The first kappa shape index (κ1) is 14.2. The Morgan fingerprint density at radius 1 is 1.61 bits per heavy atom. The number of aromatic nitrogens is 1. The van der Waals surface area contributed by atoms with E-state index in [-0.39, 0.29) is 0 Å². The fraction of sp³-hybridized carbons (Fsp3) is 0.500. The van der Waals surface area contributed by atoms with Gasteiger partial charge in [0.05, 0.1) is 24.6 Å². The van der Waals surface area contributed by atoms with Crippen molar-refractivity contribution in [3.8, 4) is 0 Å². The summed E-state index contributed by atoms with van der Waals surface area (Å²) in [5.41, 5.74) is 6.31. The maximum absolute atomic E-state index is 11.4. The highest BCUT2D eigenvalue weighted by Gasteiger charge is 2.11. The van der Waals surface area contributed by atoms with Gasteiger partial charge in [0.1, 0.15) is 5.82 Å². The summed E-state index contributed by atoms with van der Waals surface area (Å²) >= 11 is 0. The Hall–Kier alpha value is -1.82. The summed E-state index contributed by atoms with van der Waals surface area (Å²) in [5.74, 6) is 0.165. The molecule has 0 aliphatic carbocycles. The Balaban J connectivity index is 2.65. The topological polar surface area (TPSA) is 80.5 Å². The lowest BCUT2D eigenvalue weighted by Gasteiger charge is -2.14. The van der Waals surface area contributed by atoms with Gasteiger partial charge in [0.15, 0.2) is 0 Å². The first-order chi connectivity index (χ1) is 8.58. The molecule has 6 nitrogen and oxygen atoms in total. The van der Waals surface area contributed by atoms with Gasteiger partial charge in [-0.15, -0.1) is 0 Å². The normalized spacial score (nSPS) is 10.4. The molecule has 1 heterocycles. The fourth-order valence-corrected chi connectivity index (χ4v) is 1.38. The number of carbonyl (C=O) groups excluding carboxylic acids is 1. The molecule has 1 aromatic rings. The zero-order valence-electron chi connectivity index (χ0n) is 11.1. The zero-order valence-corrected chi connectivity index (χ0v) is 11.1. The number of nitrogen functional groups attached to an aromatic ring is 1. The Morgan fingerprint density at radius 3 is 2.94 bits per heavy atom. The van der Waals surface area contributed by atoms with E-state index in [0.29, 0.717) is 17.1 Å². The number of likely N-dealkylation sites (N-methyl/N-ethyl adjacent to an activating group) is 1. The SMILES string of the molecule is CCN(C)CCNc1cc(C(=O)OC)c(N)cn1. The largest absolute Gasteiger partial charge is 0.465 e. The molecule has 0 aliphatic rings. The molecule has 6 heteroatoms. The van der Waals surface area contributed by atoms with Crippen molar-refractivity contribution in [3.63, 3.8) is 0 Å². The first-order valence-corrected chi connectivity index (χ1v) is 5.84. The van der Waals surface area contributed by atoms with Crippen molar-refractivity contribution in [3.05, 3.63) is 17.8 Å². The van der Waals surface area contributed by atoms with Gasteiger partial charge in [-0.3, -0.25) is 0 Å². The highest BCUT2D eigenvalue weighted by Crippen LogP contribution is 2.15. The third-order valence-corrected chi connectivity index (χ3v) is 2.68. The number of rotatable bonds is 6. The molecule has 100 valence electrons. The van der Waals surface area contributed by atoms with Gasteiger partial charge in [0.2, 0.25) is 0 Å². The molecular weight excluding hydrogens is 232 g/mol. The van der Waals surface area contributed by atoms with Gasteiger partial charge in [-0.25, -0.2) is 9.78 Å². The van der Waals surface area contributed by atoms with E-state index in [0.717, 1.165) is 19.6 Å². The van der Waals surface area contributed by atoms with Crippen LogP contribution in [0.4, 0.5) is 11.5 Å². The summed E-state index contributed by atoms with van der Waals surface area (Å²) in [7, 11) is 3.36. The van der Waals surface area contributed by atoms with Crippen LogP contribution in [0.15, 0.2) is 12.3 Å². The van der Waals surface area contributed by atoms with E-state index in [1.165, 1.54) is 13.3 Å². The summed E-state index contributed by atoms with van der Waals surface area (Å²) in [5, 5.41) is 3.14. The average Bonchev–Trinajstić information content (AvgIpc) is 2.39. The van der Waals surface area contributed by atoms with E-state index in [1.54, 1.807) is 6.07 Å². The third-order valence-electron chi connectivity index (χ3n) is 2.68. The minimum Gasteiger partial charge on any atom is -0.465 e. The molecule has 0 atom stereocenters. The monoisotopic (exact) mass is 252 g/mol. The number of carbonyl (C=O) groups is 1. The van der Waals surface area contributed by atoms with E-state index >= 15 is 0 Å². The van der Waals surface area contributed by atoms with Crippen molar-refractivity contribution in [1.29, 1.82) is 0 Å². The van der Waals surface area contributed by atoms with Crippen molar-refractivity contribution >= 4 is 17.5 Å². The van der Waals surface area contributed by atoms with Crippen molar-refractivity contribution in [1.82, 2.24) is 9.88 Å². The highest BCUT2D eigenvalue weighted by molar-refractivity contribution is 5.95. The molecule has 18 heavy (non-hydrogen) atoms. The number of esters is 1. The van der Waals surface area contributed by atoms with Crippen LogP contribution in [0.2, 0.25) is 0 Å². The van der Waals surface area contributed by atoms with Crippen molar-refractivity contribution < 1.29 is 9.53 Å². The molecule has 0 amide bonds. The number of hydrogen-bond acceptors (Lipinski definition) is 6. The second-order valence-corrected chi connectivity index (χ2v) is 3.97. The molecule has 0 fully saturated rings. The van der Waals surface area contributed by atoms with E-state index in [2.05, 4.69) is 26.9 Å². The number of nitrogens with two attached hydrogens (primary N) is 1. The van der Waals surface area contributed by atoms with Gasteiger partial charge in [-0.1, -0.05) is 6.92 Å². The molecule has 0 unspecified atom stereocenters. The Morgan fingerprint density at radius 2 is 2.33 bits per heavy atom. The van der Waals surface area contributed by atoms with Crippen LogP contribution in [-0.2, 0) is 4.74 Å². The Labute approximate surface area is 107 Å². The van der Waals surface area contributed by atoms with Crippen LogP contribution in [0.1, 0.15) is 17.3 Å². The van der Waals surface area contributed by atoms with Crippen molar-refractivity contribution in [2.24, 2.45) is 0 Å². The van der Waals surface area contributed by atoms with E-state index in [4.69, 9.17) is 5.73 Å². The lowest BCUT2D eigenvalue weighted by molar-refractivity contribution is 0.0602. The Bertz CT molecular complexity index is 409. The van der Waals surface area contributed by atoms with Crippen LogP contribution in [0.5, 0.6) is 0 Å². The third kappa shape index (κ3) is 3.89. The summed E-state index contributed by atoms with van der Waals surface area (Å²) in [6.45, 7) is 4.74. The highest BCUT2D eigenvalue weighted by atomic mass is 16.5. The average molecular weight is 252 g/mol. The van der Waals surface area contributed by atoms with E-state index in [1.807, 2.05) is 7.05 Å². The van der Waals surface area contributed by atoms with Gasteiger partial charge in [0, 0.05) is 13.1 Å².